The molecule has 1 amide bonds. The summed E-state index contributed by atoms with van der Waals surface area (Å²) in [5, 5.41) is 3.48. The molecule has 3 atom stereocenters. The summed E-state index contributed by atoms with van der Waals surface area (Å²) in [6, 6.07) is 1.22. The molecule has 1 aromatic rings. The first-order valence-corrected chi connectivity index (χ1v) is 9.63. The van der Waals surface area contributed by atoms with Crippen LogP contribution in [0.2, 0.25) is 0 Å². The molecule has 1 unspecified atom stereocenters. The zero-order valence-electron chi connectivity index (χ0n) is 16.7. The van der Waals surface area contributed by atoms with Crippen LogP contribution >= 0.6 is 12.2 Å². The van der Waals surface area contributed by atoms with Crippen molar-refractivity contribution in [1.29, 1.82) is 0 Å². The van der Waals surface area contributed by atoms with Crippen LogP contribution in [0.5, 0.6) is 0 Å². The Labute approximate surface area is 180 Å². The van der Waals surface area contributed by atoms with E-state index in [1.807, 2.05) is 0 Å². The Balaban J connectivity index is 1.93. The standard InChI is InChI=1S/C19H20F6N4OS/c1-18(21,22)15-10(20)5-4-6-11(15)26-16(30)14-9(8-28(2)17(14)31)12-7-13(19(23,24)25)27-29(12)3/h4-7,9,13-14,27H,8H2,1-3H3,(H,26,30)/t9-,13?,14+/m1/s1. The molecule has 2 N–H and O–H groups in total. The SMILES string of the molecule is CN1C[C@H](C2=CC(C(F)(F)F)NN2C)[C@@H](C(=O)Nc2cccc(F)c2C(C)(F)F)C1=S. The number of alkyl halides is 5. The van der Waals surface area contributed by atoms with E-state index in [1.165, 1.54) is 18.1 Å². The second-order valence-electron chi connectivity index (χ2n) is 7.64. The molecule has 0 aromatic heterocycles. The number of hydrazine groups is 1. The number of benzene rings is 1. The van der Waals surface area contributed by atoms with Gasteiger partial charge in [0.2, 0.25) is 5.91 Å². The van der Waals surface area contributed by atoms with Crippen LogP contribution in [0.3, 0.4) is 0 Å². The molecule has 1 fully saturated rings. The number of nitrogens with zero attached hydrogens (tertiary/aromatic N) is 2. The van der Waals surface area contributed by atoms with Crippen molar-refractivity contribution in [2.45, 2.75) is 25.1 Å². The van der Waals surface area contributed by atoms with Crippen LogP contribution in [-0.2, 0) is 10.7 Å². The number of amides is 1. The van der Waals surface area contributed by atoms with Gasteiger partial charge in [-0.3, -0.25) is 4.79 Å². The Morgan fingerprint density at radius 3 is 2.42 bits per heavy atom. The lowest BCUT2D eigenvalue weighted by Crippen LogP contribution is -2.44. The van der Waals surface area contributed by atoms with Crippen LogP contribution in [0.1, 0.15) is 12.5 Å². The van der Waals surface area contributed by atoms with Gasteiger partial charge in [0.25, 0.3) is 5.92 Å². The van der Waals surface area contributed by atoms with Gasteiger partial charge in [0.05, 0.1) is 22.2 Å². The number of rotatable bonds is 4. The average molecular weight is 466 g/mol. The summed E-state index contributed by atoms with van der Waals surface area (Å²) in [5.41, 5.74) is 1.07. The van der Waals surface area contributed by atoms with Gasteiger partial charge < -0.3 is 15.2 Å². The molecule has 2 heterocycles. The molecule has 31 heavy (non-hydrogen) atoms. The largest absolute Gasteiger partial charge is 0.409 e. The number of hydrogen-bond donors (Lipinski definition) is 2. The quantitative estimate of drug-likeness (QED) is 0.524. The number of carbonyl (C=O) groups is 1. The molecule has 2 aliphatic heterocycles. The molecular formula is C19H20F6N4OS. The Bertz CT molecular complexity index is 929. The van der Waals surface area contributed by atoms with Gasteiger partial charge in [0.15, 0.2) is 0 Å². The number of likely N-dealkylation sites (tertiary alicyclic amines) is 1. The van der Waals surface area contributed by atoms with Crippen LogP contribution in [0.15, 0.2) is 30.0 Å². The van der Waals surface area contributed by atoms with Crippen LogP contribution < -0.4 is 10.7 Å². The molecular weight excluding hydrogens is 446 g/mol. The van der Waals surface area contributed by atoms with Gasteiger partial charge in [0, 0.05) is 39.2 Å². The second-order valence-corrected chi connectivity index (χ2v) is 8.06. The van der Waals surface area contributed by atoms with E-state index in [0.717, 1.165) is 18.2 Å². The van der Waals surface area contributed by atoms with E-state index in [1.54, 1.807) is 11.9 Å². The Hall–Kier alpha value is -2.34. The van der Waals surface area contributed by atoms with E-state index < -0.39 is 53.0 Å². The molecule has 1 aromatic carbocycles. The van der Waals surface area contributed by atoms with E-state index in [4.69, 9.17) is 12.2 Å². The van der Waals surface area contributed by atoms with E-state index in [9.17, 15) is 31.1 Å². The highest BCUT2D eigenvalue weighted by Crippen LogP contribution is 2.39. The van der Waals surface area contributed by atoms with Crippen molar-refractivity contribution in [2.75, 3.05) is 26.0 Å². The normalized spacial score (nSPS) is 24.6. The van der Waals surface area contributed by atoms with Crippen molar-refractivity contribution in [2.24, 2.45) is 11.8 Å². The Morgan fingerprint density at radius 1 is 1.23 bits per heavy atom. The highest BCUT2D eigenvalue weighted by molar-refractivity contribution is 7.80. The summed E-state index contributed by atoms with van der Waals surface area (Å²) >= 11 is 5.30. The predicted octanol–water partition coefficient (Wildman–Crippen LogP) is 3.65. The molecule has 0 radical (unpaired) electrons. The van der Waals surface area contributed by atoms with Crippen molar-refractivity contribution >= 4 is 28.8 Å². The smallest absolute Gasteiger partial charge is 0.368 e. The van der Waals surface area contributed by atoms with Crippen molar-refractivity contribution in [3.63, 3.8) is 0 Å². The molecule has 3 rings (SSSR count). The third-order valence-corrected chi connectivity index (χ3v) is 5.86. The molecule has 0 saturated carbocycles. The van der Waals surface area contributed by atoms with Crippen molar-refractivity contribution in [1.82, 2.24) is 15.3 Å². The van der Waals surface area contributed by atoms with Crippen molar-refractivity contribution < 1.29 is 31.1 Å². The number of hydrogen-bond acceptors (Lipinski definition) is 4. The summed E-state index contributed by atoms with van der Waals surface area (Å²) in [7, 11) is 2.97. The van der Waals surface area contributed by atoms with Gasteiger partial charge in [-0.05, 0) is 18.2 Å². The third kappa shape index (κ3) is 4.49. The van der Waals surface area contributed by atoms with Crippen LogP contribution in [0.4, 0.5) is 32.0 Å². The number of anilines is 1. The first-order valence-electron chi connectivity index (χ1n) is 9.22. The summed E-state index contributed by atoms with van der Waals surface area (Å²) in [6.45, 7) is 0.651. The van der Waals surface area contributed by atoms with Crippen molar-refractivity contribution in [3.8, 4) is 0 Å². The maximum Gasteiger partial charge on any atom is 0.409 e. The van der Waals surface area contributed by atoms with Gasteiger partial charge in [-0.2, -0.15) is 13.2 Å². The molecule has 0 spiro atoms. The number of carbonyl (C=O) groups excluding carboxylic acids is 1. The zero-order valence-corrected chi connectivity index (χ0v) is 17.5. The Kier molecular flexibility index (Phi) is 6.00. The fourth-order valence-corrected chi connectivity index (χ4v) is 4.23. The van der Waals surface area contributed by atoms with Crippen LogP contribution in [0.25, 0.3) is 0 Å². The average Bonchev–Trinajstić information content (AvgIpc) is 3.14. The minimum atomic E-state index is -4.54. The fourth-order valence-electron chi connectivity index (χ4n) is 3.89. The minimum Gasteiger partial charge on any atom is -0.368 e. The first kappa shape index (κ1) is 23.3. The lowest BCUT2D eigenvalue weighted by atomic mass is 9.90. The second kappa shape index (κ2) is 7.97. The molecule has 12 heteroatoms. The maximum atomic E-state index is 14.0. The van der Waals surface area contributed by atoms with E-state index in [0.29, 0.717) is 6.92 Å². The van der Waals surface area contributed by atoms with Gasteiger partial charge in [-0.1, -0.05) is 18.3 Å². The van der Waals surface area contributed by atoms with E-state index >= 15 is 0 Å². The number of nitrogens with one attached hydrogen (secondary N) is 2. The van der Waals surface area contributed by atoms with E-state index in [-0.39, 0.29) is 17.2 Å². The molecule has 1 saturated heterocycles. The summed E-state index contributed by atoms with van der Waals surface area (Å²) in [5.74, 6) is -7.44. The third-order valence-electron chi connectivity index (χ3n) is 5.30. The maximum absolute atomic E-state index is 14.0. The van der Waals surface area contributed by atoms with Gasteiger partial charge in [-0.15, -0.1) is 0 Å². The zero-order chi connectivity index (χ0) is 23.3. The van der Waals surface area contributed by atoms with E-state index in [2.05, 4.69) is 10.7 Å². The lowest BCUT2D eigenvalue weighted by molar-refractivity contribution is -0.149. The predicted molar refractivity (Wildman–Crippen MR) is 106 cm³/mol. The molecule has 2 aliphatic rings. The minimum absolute atomic E-state index is 0.147. The number of halogens is 6. The molecule has 0 bridgehead atoms. The molecule has 5 nitrogen and oxygen atoms in total. The van der Waals surface area contributed by atoms with Gasteiger partial charge in [-0.25, -0.2) is 18.6 Å². The monoisotopic (exact) mass is 466 g/mol. The summed E-state index contributed by atoms with van der Waals surface area (Å²) in [6.07, 6.45) is -3.57. The van der Waals surface area contributed by atoms with Gasteiger partial charge in [0.1, 0.15) is 11.9 Å². The summed E-state index contributed by atoms with van der Waals surface area (Å²) < 4.78 is 81.3. The van der Waals surface area contributed by atoms with Gasteiger partial charge >= 0.3 is 6.18 Å². The van der Waals surface area contributed by atoms with Crippen LogP contribution in [-0.4, -0.2) is 53.7 Å². The molecule has 0 aliphatic carbocycles. The first-order chi connectivity index (χ1) is 14.2. The highest BCUT2D eigenvalue weighted by Gasteiger charge is 2.49. The number of thiocarbonyl (C=S) groups is 1. The fraction of sp³-hybridized carbons (Fsp3) is 0.474. The lowest BCUT2D eigenvalue weighted by Gasteiger charge is -2.26. The highest BCUT2D eigenvalue weighted by atomic mass is 32.1. The molecule has 170 valence electrons. The topological polar surface area (TPSA) is 47.6 Å². The van der Waals surface area contributed by atoms with Crippen molar-refractivity contribution in [3.05, 3.63) is 41.4 Å². The Morgan fingerprint density at radius 2 is 1.87 bits per heavy atom. The summed E-state index contributed by atoms with van der Waals surface area (Å²) in [4.78, 5) is 14.7. The van der Waals surface area contributed by atoms with Crippen LogP contribution in [0, 0.1) is 17.7 Å².